The van der Waals surface area contributed by atoms with Crippen LogP contribution in [0.15, 0.2) is 36.5 Å². The van der Waals surface area contributed by atoms with E-state index >= 15 is 0 Å². The van der Waals surface area contributed by atoms with Crippen LogP contribution in [-0.2, 0) is 0 Å². The van der Waals surface area contributed by atoms with E-state index in [0.29, 0.717) is 10.0 Å². The van der Waals surface area contributed by atoms with E-state index in [4.69, 9.17) is 23.2 Å². The molecule has 1 aromatic carbocycles. The van der Waals surface area contributed by atoms with Crippen LogP contribution in [0.1, 0.15) is 29.8 Å². The maximum absolute atomic E-state index is 6.10. The van der Waals surface area contributed by atoms with Crippen LogP contribution in [0.25, 0.3) is 0 Å². The Morgan fingerprint density at radius 3 is 2.58 bits per heavy atom. The standard InChI is InChI=1S/C15H16Cl2N2/c1-3-18-15(14-8-10(2)6-7-19-14)11-4-5-12(16)13(17)9-11/h4-9,15,18H,3H2,1-2H3. The zero-order valence-electron chi connectivity index (χ0n) is 11.0. The van der Waals surface area contributed by atoms with Crippen molar-refractivity contribution < 1.29 is 0 Å². The first-order valence-electron chi connectivity index (χ1n) is 6.22. The van der Waals surface area contributed by atoms with Gasteiger partial charge in [0.15, 0.2) is 0 Å². The second-order valence-corrected chi connectivity index (χ2v) is 5.24. The highest BCUT2D eigenvalue weighted by atomic mass is 35.5. The number of benzene rings is 1. The molecule has 1 atom stereocenters. The number of aryl methyl sites for hydroxylation is 1. The fourth-order valence-electron chi connectivity index (χ4n) is 2.01. The lowest BCUT2D eigenvalue weighted by molar-refractivity contribution is 0.615. The first kappa shape index (κ1) is 14.3. The van der Waals surface area contributed by atoms with E-state index in [9.17, 15) is 0 Å². The van der Waals surface area contributed by atoms with Gasteiger partial charge in [0.05, 0.1) is 21.8 Å². The molecule has 0 amide bonds. The Labute approximate surface area is 123 Å². The van der Waals surface area contributed by atoms with Crippen LogP contribution in [0.3, 0.4) is 0 Å². The molecule has 0 spiro atoms. The molecule has 0 aliphatic rings. The molecule has 0 fully saturated rings. The number of rotatable bonds is 4. The average molecular weight is 295 g/mol. The lowest BCUT2D eigenvalue weighted by Crippen LogP contribution is -2.23. The normalized spacial score (nSPS) is 12.4. The van der Waals surface area contributed by atoms with Gasteiger partial charge in [-0.25, -0.2) is 0 Å². The van der Waals surface area contributed by atoms with Gasteiger partial charge in [-0.05, 0) is 48.9 Å². The highest BCUT2D eigenvalue weighted by Gasteiger charge is 2.15. The van der Waals surface area contributed by atoms with Gasteiger partial charge in [0.25, 0.3) is 0 Å². The van der Waals surface area contributed by atoms with Gasteiger partial charge in [0.2, 0.25) is 0 Å². The molecule has 2 aromatic rings. The van der Waals surface area contributed by atoms with Crippen LogP contribution in [0, 0.1) is 6.92 Å². The smallest absolute Gasteiger partial charge is 0.0751 e. The van der Waals surface area contributed by atoms with Crippen molar-refractivity contribution in [1.82, 2.24) is 10.3 Å². The predicted molar refractivity (Wildman–Crippen MR) is 81.0 cm³/mol. The Morgan fingerprint density at radius 1 is 1.16 bits per heavy atom. The van der Waals surface area contributed by atoms with Gasteiger partial charge in [-0.2, -0.15) is 0 Å². The second-order valence-electron chi connectivity index (χ2n) is 4.42. The summed E-state index contributed by atoms with van der Waals surface area (Å²) in [7, 11) is 0. The van der Waals surface area contributed by atoms with Gasteiger partial charge in [0, 0.05) is 6.20 Å². The summed E-state index contributed by atoms with van der Waals surface area (Å²) < 4.78 is 0. The lowest BCUT2D eigenvalue weighted by Gasteiger charge is -2.18. The highest BCUT2D eigenvalue weighted by molar-refractivity contribution is 6.42. The summed E-state index contributed by atoms with van der Waals surface area (Å²) in [6, 6.07) is 9.78. The maximum atomic E-state index is 6.10. The summed E-state index contributed by atoms with van der Waals surface area (Å²) >= 11 is 12.1. The third-order valence-electron chi connectivity index (χ3n) is 2.92. The molecule has 100 valence electrons. The summed E-state index contributed by atoms with van der Waals surface area (Å²) in [5, 5.41) is 4.56. The van der Waals surface area contributed by atoms with E-state index in [1.54, 1.807) is 0 Å². The van der Waals surface area contributed by atoms with E-state index < -0.39 is 0 Å². The first-order chi connectivity index (χ1) is 9.11. The third kappa shape index (κ3) is 3.47. The summed E-state index contributed by atoms with van der Waals surface area (Å²) in [5.74, 6) is 0. The van der Waals surface area contributed by atoms with Crippen LogP contribution in [0.4, 0.5) is 0 Å². The maximum Gasteiger partial charge on any atom is 0.0751 e. The molecule has 0 saturated heterocycles. The lowest BCUT2D eigenvalue weighted by atomic mass is 10.0. The summed E-state index contributed by atoms with van der Waals surface area (Å²) in [6.07, 6.45) is 1.83. The average Bonchev–Trinajstić information content (AvgIpc) is 2.39. The third-order valence-corrected chi connectivity index (χ3v) is 3.66. The minimum atomic E-state index is 0.0275. The topological polar surface area (TPSA) is 24.9 Å². The van der Waals surface area contributed by atoms with Crippen molar-refractivity contribution in [1.29, 1.82) is 0 Å². The van der Waals surface area contributed by atoms with Crippen molar-refractivity contribution in [3.05, 3.63) is 63.4 Å². The Balaban J connectivity index is 2.42. The molecule has 0 bridgehead atoms. The minimum Gasteiger partial charge on any atom is -0.305 e. The van der Waals surface area contributed by atoms with E-state index in [1.165, 1.54) is 5.56 Å². The van der Waals surface area contributed by atoms with Crippen LogP contribution in [-0.4, -0.2) is 11.5 Å². The molecule has 0 radical (unpaired) electrons. The van der Waals surface area contributed by atoms with Gasteiger partial charge < -0.3 is 5.32 Å². The van der Waals surface area contributed by atoms with Gasteiger partial charge in [-0.3, -0.25) is 4.98 Å². The zero-order chi connectivity index (χ0) is 13.8. The molecule has 0 aliphatic carbocycles. The number of pyridine rings is 1. The summed E-state index contributed by atoms with van der Waals surface area (Å²) in [6.45, 7) is 4.98. The van der Waals surface area contributed by atoms with Crippen molar-refractivity contribution in [2.75, 3.05) is 6.54 Å². The van der Waals surface area contributed by atoms with Crippen LogP contribution in [0.5, 0.6) is 0 Å². The van der Waals surface area contributed by atoms with Crippen LogP contribution < -0.4 is 5.32 Å². The molecule has 2 rings (SSSR count). The van der Waals surface area contributed by atoms with Gasteiger partial charge in [-0.1, -0.05) is 36.2 Å². The van der Waals surface area contributed by atoms with Crippen molar-refractivity contribution in [3.63, 3.8) is 0 Å². The van der Waals surface area contributed by atoms with E-state index in [-0.39, 0.29) is 6.04 Å². The molecule has 1 unspecified atom stereocenters. The van der Waals surface area contributed by atoms with E-state index in [0.717, 1.165) is 17.8 Å². The largest absolute Gasteiger partial charge is 0.305 e. The van der Waals surface area contributed by atoms with Crippen molar-refractivity contribution in [2.24, 2.45) is 0 Å². The zero-order valence-corrected chi connectivity index (χ0v) is 12.5. The van der Waals surface area contributed by atoms with Gasteiger partial charge in [-0.15, -0.1) is 0 Å². The van der Waals surface area contributed by atoms with Crippen LogP contribution in [0.2, 0.25) is 10.0 Å². The number of nitrogens with one attached hydrogen (secondary N) is 1. The molecule has 1 heterocycles. The van der Waals surface area contributed by atoms with Crippen molar-refractivity contribution in [2.45, 2.75) is 19.9 Å². The molecule has 4 heteroatoms. The SMILES string of the molecule is CCNC(c1ccc(Cl)c(Cl)c1)c1cc(C)ccn1. The Hall–Kier alpha value is -1.09. The summed E-state index contributed by atoms with van der Waals surface area (Å²) in [5.41, 5.74) is 3.24. The predicted octanol–water partition coefficient (Wildman–Crippen LogP) is 4.40. The number of halogens is 2. The highest BCUT2D eigenvalue weighted by Crippen LogP contribution is 2.28. The number of nitrogens with zero attached hydrogens (tertiary/aromatic N) is 1. The molecule has 1 N–H and O–H groups in total. The van der Waals surface area contributed by atoms with Gasteiger partial charge in [0.1, 0.15) is 0 Å². The molecule has 0 saturated carbocycles. The number of hydrogen-bond donors (Lipinski definition) is 1. The van der Waals surface area contributed by atoms with E-state index in [1.807, 2.05) is 30.5 Å². The van der Waals surface area contributed by atoms with Crippen molar-refractivity contribution >= 4 is 23.2 Å². The van der Waals surface area contributed by atoms with Crippen molar-refractivity contribution in [3.8, 4) is 0 Å². The summed E-state index contributed by atoms with van der Waals surface area (Å²) in [4.78, 5) is 4.45. The Morgan fingerprint density at radius 2 is 1.95 bits per heavy atom. The molecular formula is C15H16Cl2N2. The minimum absolute atomic E-state index is 0.0275. The molecule has 0 aliphatic heterocycles. The van der Waals surface area contributed by atoms with Gasteiger partial charge >= 0.3 is 0 Å². The number of aromatic nitrogens is 1. The van der Waals surface area contributed by atoms with Crippen LogP contribution >= 0.6 is 23.2 Å². The quantitative estimate of drug-likeness (QED) is 0.904. The second kappa shape index (κ2) is 6.38. The molecular weight excluding hydrogens is 279 g/mol. The Kier molecular flexibility index (Phi) is 4.81. The van der Waals surface area contributed by atoms with E-state index in [2.05, 4.69) is 30.2 Å². The fraction of sp³-hybridized carbons (Fsp3) is 0.267. The molecule has 1 aromatic heterocycles. The molecule has 2 nitrogen and oxygen atoms in total. The fourth-order valence-corrected chi connectivity index (χ4v) is 2.31. The Bertz CT molecular complexity index is 570. The number of hydrogen-bond acceptors (Lipinski definition) is 2. The monoisotopic (exact) mass is 294 g/mol. The first-order valence-corrected chi connectivity index (χ1v) is 6.98. The molecule has 19 heavy (non-hydrogen) atoms.